The fourth-order valence-electron chi connectivity index (χ4n) is 2.89. The highest BCUT2D eigenvalue weighted by Crippen LogP contribution is 2.30. The third-order valence-corrected chi connectivity index (χ3v) is 5.84. The standard InChI is InChI=1S/C25H21ClN2O5S/c1-31-22-14-17(10-11-21(22)32-15-18-6-2-3-7-19(18)26)25(30)33-16-24(29)28-20-8-4-5-9-23(20)34-13-12-27/h2-11,14H,13,15-16H2,1H3,(H,28,29). The minimum Gasteiger partial charge on any atom is -0.493 e. The van der Waals surface area contributed by atoms with Gasteiger partial charge in [-0.2, -0.15) is 5.26 Å². The highest BCUT2D eigenvalue weighted by atomic mass is 35.5. The number of methoxy groups -OCH3 is 1. The van der Waals surface area contributed by atoms with Gasteiger partial charge in [0.25, 0.3) is 5.91 Å². The second-order valence-electron chi connectivity index (χ2n) is 6.81. The number of amides is 1. The van der Waals surface area contributed by atoms with E-state index in [0.29, 0.717) is 22.2 Å². The van der Waals surface area contributed by atoms with Gasteiger partial charge in [-0.05, 0) is 36.4 Å². The predicted octanol–water partition coefficient (Wildman–Crippen LogP) is 5.34. The van der Waals surface area contributed by atoms with Gasteiger partial charge in [-0.3, -0.25) is 4.79 Å². The van der Waals surface area contributed by atoms with Crippen LogP contribution in [0.25, 0.3) is 0 Å². The molecule has 174 valence electrons. The fourth-order valence-corrected chi connectivity index (χ4v) is 3.75. The molecule has 0 unspecified atom stereocenters. The summed E-state index contributed by atoms with van der Waals surface area (Å²) in [5.41, 5.74) is 1.57. The van der Waals surface area contributed by atoms with Gasteiger partial charge >= 0.3 is 5.97 Å². The molecule has 9 heteroatoms. The number of para-hydroxylation sites is 1. The largest absolute Gasteiger partial charge is 0.493 e. The van der Waals surface area contributed by atoms with Crippen molar-refractivity contribution in [3.63, 3.8) is 0 Å². The van der Waals surface area contributed by atoms with Crippen molar-refractivity contribution < 1.29 is 23.8 Å². The molecule has 0 heterocycles. The number of ether oxygens (including phenoxy) is 3. The maximum atomic E-state index is 12.5. The maximum absolute atomic E-state index is 12.5. The van der Waals surface area contributed by atoms with E-state index in [1.807, 2.05) is 30.3 Å². The monoisotopic (exact) mass is 496 g/mol. The van der Waals surface area contributed by atoms with Gasteiger partial charge in [-0.15, -0.1) is 11.8 Å². The Kier molecular flexibility index (Phi) is 9.21. The first-order valence-corrected chi connectivity index (χ1v) is 11.5. The quantitative estimate of drug-likeness (QED) is 0.299. The van der Waals surface area contributed by atoms with Gasteiger partial charge in [-0.25, -0.2) is 4.79 Å². The number of hydrogen-bond acceptors (Lipinski definition) is 7. The predicted molar refractivity (Wildman–Crippen MR) is 130 cm³/mol. The van der Waals surface area contributed by atoms with Crippen molar-refractivity contribution in [1.82, 2.24) is 0 Å². The average molecular weight is 497 g/mol. The minimum absolute atomic E-state index is 0.208. The van der Waals surface area contributed by atoms with Crippen molar-refractivity contribution >= 4 is 40.9 Å². The Balaban J connectivity index is 1.58. The second kappa shape index (κ2) is 12.5. The zero-order chi connectivity index (χ0) is 24.3. The minimum atomic E-state index is -0.682. The van der Waals surface area contributed by atoms with Gasteiger partial charge in [0.1, 0.15) is 6.61 Å². The van der Waals surface area contributed by atoms with Crippen molar-refractivity contribution in [2.45, 2.75) is 11.5 Å². The summed E-state index contributed by atoms with van der Waals surface area (Å²) in [5, 5.41) is 12.0. The van der Waals surface area contributed by atoms with Crippen LogP contribution in [0.1, 0.15) is 15.9 Å². The number of anilines is 1. The Morgan fingerprint density at radius 3 is 2.59 bits per heavy atom. The Labute approximate surface area is 206 Å². The van der Waals surface area contributed by atoms with Crippen LogP contribution in [-0.2, 0) is 16.1 Å². The number of rotatable bonds is 10. The Bertz CT molecular complexity index is 1210. The molecule has 34 heavy (non-hydrogen) atoms. The van der Waals surface area contributed by atoms with Crippen LogP contribution in [0.3, 0.4) is 0 Å². The molecule has 0 aromatic heterocycles. The van der Waals surface area contributed by atoms with E-state index in [1.54, 1.807) is 30.3 Å². The summed E-state index contributed by atoms with van der Waals surface area (Å²) in [4.78, 5) is 25.5. The number of halogens is 1. The first kappa shape index (κ1) is 25.0. The zero-order valence-corrected chi connectivity index (χ0v) is 19.8. The van der Waals surface area contributed by atoms with E-state index < -0.39 is 18.5 Å². The van der Waals surface area contributed by atoms with Gasteiger partial charge < -0.3 is 19.5 Å². The number of nitrogens with one attached hydrogen (secondary N) is 1. The summed E-state index contributed by atoms with van der Waals surface area (Å²) in [6, 6.07) is 21.1. The van der Waals surface area contributed by atoms with Crippen molar-refractivity contribution in [3.05, 3.63) is 82.9 Å². The molecule has 0 aliphatic carbocycles. The van der Waals surface area contributed by atoms with E-state index in [1.165, 1.54) is 31.0 Å². The van der Waals surface area contributed by atoms with Crippen LogP contribution >= 0.6 is 23.4 Å². The van der Waals surface area contributed by atoms with E-state index in [9.17, 15) is 9.59 Å². The third-order valence-electron chi connectivity index (χ3n) is 4.53. The lowest BCUT2D eigenvalue weighted by atomic mass is 10.2. The van der Waals surface area contributed by atoms with Crippen molar-refractivity contribution in [1.29, 1.82) is 5.26 Å². The molecule has 1 N–H and O–H groups in total. The van der Waals surface area contributed by atoms with E-state index in [4.69, 9.17) is 31.1 Å². The first-order chi connectivity index (χ1) is 16.5. The molecule has 0 radical (unpaired) electrons. The Hall–Kier alpha value is -3.67. The van der Waals surface area contributed by atoms with E-state index in [-0.39, 0.29) is 17.9 Å². The summed E-state index contributed by atoms with van der Waals surface area (Å²) < 4.78 is 16.3. The van der Waals surface area contributed by atoms with Crippen LogP contribution in [0.4, 0.5) is 5.69 Å². The van der Waals surface area contributed by atoms with Crippen LogP contribution in [-0.4, -0.2) is 31.3 Å². The van der Waals surface area contributed by atoms with E-state index in [2.05, 4.69) is 5.32 Å². The summed E-state index contributed by atoms with van der Waals surface area (Å²) in [5.74, 6) is -0.150. The fraction of sp³-hybridized carbons (Fsp3) is 0.160. The molecule has 0 fully saturated rings. The summed E-state index contributed by atoms with van der Waals surface area (Å²) in [7, 11) is 1.46. The van der Waals surface area contributed by atoms with Gasteiger partial charge in [0.05, 0.1) is 30.2 Å². The molecule has 0 saturated heterocycles. The zero-order valence-electron chi connectivity index (χ0n) is 18.2. The van der Waals surface area contributed by atoms with Gasteiger partial charge in [0, 0.05) is 15.5 Å². The van der Waals surface area contributed by atoms with E-state index in [0.717, 1.165) is 10.5 Å². The van der Waals surface area contributed by atoms with Gasteiger partial charge in [0.2, 0.25) is 0 Å². The third kappa shape index (κ3) is 6.91. The van der Waals surface area contributed by atoms with Crippen molar-refractivity contribution in [3.8, 4) is 17.6 Å². The summed E-state index contributed by atoms with van der Waals surface area (Å²) in [6.45, 7) is -0.239. The number of hydrogen-bond donors (Lipinski definition) is 1. The smallest absolute Gasteiger partial charge is 0.338 e. The number of nitriles is 1. The lowest BCUT2D eigenvalue weighted by molar-refractivity contribution is -0.119. The summed E-state index contributed by atoms with van der Waals surface area (Å²) >= 11 is 7.46. The number of esters is 1. The van der Waals surface area contributed by atoms with Crippen LogP contribution in [0.2, 0.25) is 5.02 Å². The Morgan fingerprint density at radius 2 is 1.82 bits per heavy atom. The summed E-state index contributed by atoms with van der Waals surface area (Å²) in [6.07, 6.45) is 0. The molecule has 0 aliphatic heterocycles. The molecule has 1 amide bonds. The molecule has 0 saturated carbocycles. The molecular formula is C25H21ClN2O5S. The van der Waals surface area contributed by atoms with Crippen LogP contribution in [0.15, 0.2) is 71.6 Å². The lowest BCUT2D eigenvalue weighted by Crippen LogP contribution is -2.21. The average Bonchev–Trinajstić information content (AvgIpc) is 2.86. The molecule has 0 atom stereocenters. The van der Waals surface area contributed by atoms with Crippen LogP contribution in [0, 0.1) is 11.3 Å². The number of carbonyl (C=O) groups is 2. The highest BCUT2D eigenvalue weighted by Gasteiger charge is 2.15. The molecule has 7 nitrogen and oxygen atoms in total. The molecule has 0 spiro atoms. The second-order valence-corrected chi connectivity index (χ2v) is 8.24. The molecule has 0 bridgehead atoms. The van der Waals surface area contributed by atoms with Crippen LogP contribution in [0.5, 0.6) is 11.5 Å². The van der Waals surface area contributed by atoms with Crippen molar-refractivity contribution in [2.24, 2.45) is 0 Å². The first-order valence-electron chi connectivity index (χ1n) is 10.1. The number of thioether (sulfide) groups is 1. The SMILES string of the molecule is COc1cc(C(=O)OCC(=O)Nc2ccccc2SCC#N)ccc1OCc1ccccc1Cl. The normalized spacial score (nSPS) is 10.1. The van der Waals surface area contributed by atoms with Crippen molar-refractivity contribution in [2.75, 3.05) is 24.8 Å². The van der Waals surface area contributed by atoms with Crippen LogP contribution < -0.4 is 14.8 Å². The topological polar surface area (TPSA) is 97.6 Å². The van der Waals surface area contributed by atoms with E-state index >= 15 is 0 Å². The molecule has 3 rings (SSSR count). The molecule has 3 aromatic rings. The molecular weight excluding hydrogens is 476 g/mol. The maximum Gasteiger partial charge on any atom is 0.338 e. The van der Waals surface area contributed by atoms with Gasteiger partial charge in [-0.1, -0.05) is 41.9 Å². The molecule has 3 aromatic carbocycles. The Morgan fingerprint density at radius 1 is 1.06 bits per heavy atom. The molecule has 0 aliphatic rings. The number of carbonyl (C=O) groups excluding carboxylic acids is 2. The highest BCUT2D eigenvalue weighted by molar-refractivity contribution is 7.99. The number of nitrogens with zero attached hydrogens (tertiary/aromatic N) is 1. The number of benzene rings is 3. The van der Waals surface area contributed by atoms with Gasteiger partial charge in [0.15, 0.2) is 18.1 Å². The lowest BCUT2D eigenvalue weighted by Gasteiger charge is -2.13.